The third-order valence-electron chi connectivity index (χ3n) is 4.75. The van der Waals surface area contributed by atoms with Crippen LogP contribution in [0, 0.1) is 18.7 Å². The molecule has 4 heterocycles. The molecule has 2 atom stereocenters. The van der Waals surface area contributed by atoms with E-state index in [1.165, 1.54) is 18.9 Å². The van der Waals surface area contributed by atoms with Crippen LogP contribution in [0.15, 0.2) is 23.6 Å². The maximum absolute atomic E-state index is 14.0. The van der Waals surface area contributed by atoms with Crippen molar-refractivity contribution >= 4 is 22.9 Å². The van der Waals surface area contributed by atoms with Crippen molar-refractivity contribution in [2.75, 3.05) is 30.9 Å². The quantitative estimate of drug-likeness (QED) is 0.851. The van der Waals surface area contributed by atoms with Gasteiger partial charge in [0, 0.05) is 30.6 Å². The van der Waals surface area contributed by atoms with Gasteiger partial charge in [0.1, 0.15) is 5.54 Å². The van der Waals surface area contributed by atoms with E-state index in [-0.39, 0.29) is 17.5 Å². The highest BCUT2D eigenvalue weighted by Crippen LogP contribution is 2.45. The Morgan fingerprint density at radius 2 is 2.23 bits per heavy atom. The second kappa shape index (κ2) is 6.35. The van der Waals surface area contributed by atoms with Gasteiger partial charge in [-0.2, -0.15) is 9.37 Å². The van der Waals surface area contributed by atoms with Gasteiger partial charge in [-0.15, -0.1) is 0 Å². The first-order valence-corrected chi connectivity index (χ1v) is 9.10. The van der Waals surface area contributed by atoms with Crippen molar-refractivity contribution in [3.63, 3.8) is 0 Å². The van der Waals surface area contributed by atoms with Crippen molar-refractivity contribution in [2.45, 2.75) is 12.5 Å². The molecule has 26 heavy (non-hydrogen) atoms. The highest BCUT2D eigenvalue weighted by Gasteiger charge is 2.52. The van der Waals surface area contributed by atoms with E-state index in [0.29, 0.717) is 24.2 Å². The molecular weight excluding hydrogens is 357 g/mol. The number of ether oxygens (including phenoxy) is 1. The van der Waals surface area contributed by atoms with E-state index in [4.69, 9.17) is 15.5 Å². The number of hydrogen-bond acceptors (Lipinski definition) is 9. The molecule has 0 radical (unpaired) electrons. The number of hydrogen-bond donors (Lipinski definition) is 1. The lowest BCUT2D eigenvalue weighted by Gasteiger charge is -2.33. The Labute approximate surface area is 154 Å². The topological polar surface area (TPSA) is 102 Å². The van der Waals surface area contributed by atoms with E-state index in [9.17, 15) is 4.39 Å². The number of nitrogens with zero attached hydrogens (tertiary/aromatic N) is 6. The zero-order valence-electron chi connectivity index (χ0n) is 14.4. The van der Waals surface area contributed by atoms with E-state index in [1.807, 2.05) is 4.90 Å². The summed E-state index contributed by atoms with van der Waals surface area (Å²) in [4.78, 5) is 23.9. The van der Waals surface area contributed by atoms with Crippen LogP contribution < -0.4 is 15.4 Å². The predicted molar refractivity (Wildman–Crippen MR) is 96.8 cm³/mol. The first kappa shape index (κ1) is 17.0. The van der Waals surface area contributed by atoms with Gasteiger partial charge in [0.15, 0.2) is 5.17 Å². The van der Waals surface area contributed by atoms with Crippen LogP contribution in [0.1, 0.15) is 11.4 Å². The van der Waals surface area contributed by atoms with Gasteiger partial charge < -0.3 is 15.4 Å². The second-order valence-electron chi connectivity index (χ2n) is 6.29. The summed E-state index contributed by atoms with van der Waals surface area (Å²) in [7, 11) is 1.39. The Morgan fingerprint density at radius 3 is 2.96 bits per heavy atom. The summed E-state index contributed by atoms with van der Waals surface area (Å²) in [6.07, 6.45) is 5.00. The summed E-state index contributed by atoms with van der Waals surface area (Å²) >= 11 is 1.53. The average Bonchev–Trinajstić information content (AvgIpc) is 3.04. The van der Waals surface area contributed by atoms with Gasteiger partial charge in [-0.05, 0) is 6.92 Å². The third-order valence-corrected chi connectivity index (χ3v) is 5.70. The standard InChI is InChI=1S/C16H18FN7OS/c1-9-12(17)13(25-2)22-15(21-9)24-6-10-7-26-14(18)23-16(10,8-24)11-5-19-3-4-20-11/h3-5,10H,6-8H2,1-2H3,(H2,18,23)/t10-,16?/m0/s1. The third kappa shape index (κ3) is 2.64. The summed E-state index contributed by atoms with van der Waals surface area (Å²) in [5.74, 6) is 0.774. The number of fused-ring (bicyclic) bond motifs is 1. The van der Waals surface area contributed by atoms with Crippen molar-refractivity contribution in [3.05, 3.63) is 35.8 Å². The molecule has 136 valence electrons. The van der Waals surface area contributed by atoms with E-state index < -0.39 is 11.4 Å². The number of anilines is 1. The number of methoxy groups -OCH3 is 1. The van der Waals surface area contributed by atoms with Crippen LogP contribution in [0.3, 0.4) is 0 Å². The number of aromatic nitrogens is 4. The average molecular weight is 375 g/mol. The Bertz CT molecular complexity index is 865. The van der Waals surface area contributed by atoms with Crippen LogP contribution in [-0.2, 0) is 5.54 Å². The number of aryl methyl sites for hydroxylation is 1. The number of aliphatic imine (C=N–C) groups is 1. The van der Waals surface area contributed by atoms with Crippen LogP contribution in [-0.4, -0.2) is 51.1 Å². The van der Waals surface area contributed by atoms with Gasteiger partial charge in [-0.3, -0.25) is 9.97 Å². The lowest BCUT2D eigenvalue weighted by Crippen LogP contribution is -2.40. The number of halogens is 1. The molecule has 2 aromatic heterocycles. The lowest BCUT2D eigenvalue weighted by atomic mass is 9.86. The van der Waals surface area contributed by atoms with Crippen molar-refractivity contribution in [3.8, 4) is 5.88 Å². The molecule has 2 aliphatic heterocycles. The van der Waals surface area contributed by atoms with Crippen molar-refractivity contribution < 1.29 is 9.13 Å². The molecule has 0 amide bonds. The minimum atomic E-state index is -0.609. The van der Waals surface area contributed by atoms with E-state index in [1.54, 1.807) is 25.5 Å². The molecule has 0 aliphatic carbocycles. The molecule has 8 nitrogen and oxygen atoms in total. The normalized spacial score (nSPS) is 25.0. The van der Waals surface area contributed by atoms with E-state index in [2.05, 4.69) is 19.9 Å². The lowest BCUT2D eigenvalue weighted by molar-refractivity contribution is 0.365. The van der Waals surface area contributed by atoms with Crippen LogP contribution in [0.25, 0.3) is 0 Å². The molecule has 2 N–H and O–H groups in total. The van der Waals surface area contributed by atoms with Gasteiger partial charge >= 0.3 is 0 Å². The Morgan fingerprint density at radius 1 is 1.38 bits per heavy atom. The van der Waals surface area contributed by atoms with Crippen molar-refractivity contribution in [1.82, 2.24) is 19.9 Å². The molecule has 1 unspecified atom stereocenters. The van der Waals surface area contributed by atoms with Crippen LogP contribution in [0.5, 0.6) is 5.88 Å². The molecular formula is C16H18FN7OS. The summed E-state index contributed by atoms with van der Waals surface area (Å²) in [6.45, 7) is 2.75. The van der Waals surface area contributed by atoms with Crippen LogP contribution >= 0.6 is 11.8 Å². The number of thioether (sulfide) groups is 1. The second-order valence-corrected chi connectivity index (χ2v) is 7.33. The Hall–Kier alpha value is -2.49. The molecule has 2 aliphatic rings. The minimum Gasteiger partial charge on any atom is -0.479 e. The summed E-state index contributed by atoms with van der Waals surface area (Å²) in [5, 5.41) is 0.530. The van der Waals surface area contributed by atoms with E-state index >= 15 is 0 Å². The fraction of sp³-hybridized carbons (Fsp3) is 0.438. The smallest absolute Gasteiger partial charge is 0.255 e. The molecule has 0 spiro atoms. The first-order chi connectivity index (χ1) is 12.5. The molecule has 10 heteroatoms. The monoisotopic (exact) mass is 375 g/mol. The van der Waals surface area contributed by atoms with E-state index in [0.717, 1.165) is 11.4 Å². The Balaban J connectivity index is 1.76. The van der Waals surface area contributed by atoms with Crippen molar-refractivity contribution in [1.29, 1.82) is 0 Å². The summed E-state index contributed by atoms with van der Waals surface area (Å²) in [5.41, 5.74) is 6.43. The summed E-state index contributed by atoms with van der Waals surface area (Å²) < 4.78 is 19.1. The SMILES string of the molecule is COc1nc(N2C[C@H]3CSC(N)=NC3(c3cnccn3)C2)nc(C)c1F. The number of rotatable bonds is 3. The highest BCUT2D eigenvalue weighted by atomic mass is 32.2. The van der Waals surface area contributed by atoms with Crippen molar-refractivity contribution in [2.24, 2.45) is 16.6 Å². The molecule has 1 saturated heterocycles. The maximum atomic E-state index is 14.0. The van der Waals surface area contributed by atoms with Gasteiger partial charge in [-0.25, -0.2) is 9.98 Å². The molecule has 2 aromatic rings. The van der Waals surface area contributed by atoms with Gasteiger partial charge in [0.2, 0.25) is 11.8 Å². The summed E-state index contributed by atoms with van der Waals surface area (Å²) in [6, 6.07) is 0. The number of nitrogens with two attached hydrogens (primary N) is 1. The molecule has 0 aromatic carbocycles. The first-order valence-electron chi connectivity index (χ1n) is 8.11. The molecule has 0 saturated carbocycles. The molecule has 1 fully saturated rings. The maximum Gasteiger partial charge on any atom is 0.255 e. The van der Waals surface area contributed by atoms with Crippen LogP contribution in [0.2, 0.25) is 0 Å². The zero-order valence-corrected chi connectivity index (χ0v) is 15.2. The molecule has 0 bridgehead atoms. The van der Waals surface area contributed by atoms with Gasteiger partial charge in [0.25, 0.3) is 5.88 Å². The van der Waals surface area contributed by atoms with Crippen LogP contribution in [0.4, 0.5) is 10.3 Å². The van der Waals surface area contributed by atoms with Gasteiger partial charge in [-0.1, -0.05) is 11.8 Å². The van der Waals surface area contributed by atoms with Gasteiger partial charge in [0.05, 0.1) is 31.2 Å². The fourth-order valence-corrected chi connectivity index (χ4v) is 4.43. The fourth-order valence-electron chi connectivity index (χ4n) is 3.45. The predicted octanol–water partition coefficient (Wildman–Crippen LogP) is 1.12. The Kier molecular flexibility index (Phi) is 4.14. The molecule has 4 rings (SSSR count). The highest BCUT2D eigenvalue weighted by molar-refractivity contribution is 8.13. The largest absolute Gasteiger partial charge is 0.479 e. The minimum absolute atomic E-state index is 0.0617. The zero-order chi connectivity index (χ0) is 18.3. The number of amidine groups is 1.